The van der Waals surface area contributed by atoms with Crippen LogP contribution in [0.3, 0.4) is 0 Å². The van der Waals surface area contributed by atoms with Gasteiger partial charge in [0.05, 0.1) is 0 Å². The van der Waals surface area contributed by atoms with E-state index < -0.39 is 5.60 Å². The third kappa shape index (κ3) is 5.52. The fourth-order valence-corrected chi connectivity index (χ4v) is 1.77. The van der Waals surface area contributed by atoms with Gasteiger partial charge in [-0.1, -0.05) is 68.9 Å². The quantitative estimate of drug-likeness (QED) is 0.625. The number of unbranched alkanes of at least 4 members (excludes halogenated alkanes) is 4. The summed E-state index contributed by atoms with van der Waals surface area (Å²) >= 11 is 0. The van der Waals surface area contributed by atoms with Crippen molar-refractivity contribution in [2.45, 2.75) is 58.0 Å². The molecule has 0 aliphatic rings. The van der Waals surface area contributed by atoms with Gasteiger partial charge in [0.25, 0.3) is 0 Å². The monoisotopic (exact) mass is 268 g/mol. The van der Waals surface area contributed by atoms with Crippen LogP contribution in [0.1, 0.15) is 57.9 Å². The van der Waals surface area contributed by atoms with Gasteiger partial charge in [0.15, 0.2) is 0 Å². The molecule has 1 aromatic carbocycles. The van der Waals surface area contributed by atoms with Crippen LogP contribution in [0.2, 0.25) is 0 Å². The van der Waals surface area contributed by atoms with Crippen molar-refractivity contribution in [2.24, 2.45) is 0 Å². The van der Waals surface area contributed by atoms with Crippen molar-refractivity contribution in [3.63, 3.8) is 0 Å². The number of rotatable bonds is 5. The molecule has 1 nitrogen and oxygen atoms in total. The fourth-order valence-electron chi connectivity index (χ4n) is 1.77. The fraction of sp³-hybridized carbons (Fsp3) is 0.474. The summed E-state index contributed by atoms with van der Waals surface area (Å²) in [4.78, 5) is 0. The van der Waals surface area contributed by atoms with Crippen LogP contribution in [0.25, 0.3) is 0 Å². The van der Waals surface area contributed by atoms with Crippen LogP contribution in [0.15, 0.2) is 30.3 Å². The van der Waals surface area contributed by atoms with Gasteiger partial charge in [0.2, 0.25) is 5.60 Å². The average Bonchev–Trinajstić information content (AvgIpc) is 2.49. The Kier molecular flexibility index (Phi) is 7.56. The molecule has 0 unspecified atom stereocenters. The summed E-state index contributed by atoms with van der Waals surface area (Å²) in [6.45, 7) is 4.27. The molecule has 0 spiro atoms. The zero-order valence-electron chi connectivity index (χ0n) is 12.6. The number of benzene rings is 1. The molecule has 0 aromatic heterocycles. The van der Waals surface area contributed by atoms with E-state index in [0.29, 0.717) is 0 Å². The molecular weight excluding hydrogens is 244 g/mol. The topological polar surface area (TPSA) is 20.2 Å². The molecule has 1 heteroatoms. The van der Waals surface area contributed by atoms with Crippen molar-refractivity contribution in [3.05, 3.63) is 35.9 Å². The highest BCUT2D eigenvalue weighted by Crippen LogP contribution is 2.19. The molecule has 1 aromatic rings. The highest BCUT2D eigenvalue weighted by atomic mass is 16.3. The average molecular weight is 268 g/mol. The minimum atomic E-state index is -1.33. The Labute approximate surface area is 123 Å². The number of hydrogen-bond donors (Lipinski definition) is 1. The number of aliphatic hydroxyl groups is 1. The lowest BCUT2D eigenvalue weighted by molar-refractivity contribution is 0.164. The number of hydrogen-bond acceptors (Lipinski definition) is 1. The molecule has 0 bridgehead atoms. The van der Waals surface area contributed by atoms with Gasteiger partial charge < -0.3 is 5.11 Å². The van der Waals surface area contributed by atoms with Crippen LogP contribution in [0, 0.1) is 23.7 Å². The highest BCUT2D eigenvalue weighted by molar-refractivity contribution is 5.41. The van der Waals surface area contributed by atoms with Crippen LogP contribution in [0.4, 0.5) is 0 Å². The molecule has 0 fully saturated rings. The zero-order chi connectivity index (χ0) is 14.7. The van der Waals surface area contributed by atoms with Crippen LogP contribution in [-0.4, -0.2) is 5.11 Å². The lowest BCUT2D eigenvalue weighted by atomic mass is 9.94. The Morgan fingerprint density at radius 3 is 1.85 bits per heavy atom. The summed E-state index contributed by atoms with van der Waals surface area (Å²) in [5.74, 6) is 12.0. The van der Waals surface area contributed by atoms with Crippen LogP contribution >= 0.6 is 0 Å². The van der Waals surface area contributed by atoms with Crippen molar-refractivity contribution in [2.75, 3.05) is 0 Å². The van der Waals surface area contributed by atoms with Gasteiger partial charge in [-0.3, -0.25) is 0 Å². The first kappa shape index (κ1) is 16.4. The summed E-state index contributed by atoms with van der Waals surface area (Å²) in [7, 11) is 0. The molecular formula is C19H24O. The van der Waals surface area contributed by atoms with Crippen LogP contribution in [-0.2, 0) is 5.60 Å². The SMILES string of the molecule is CCCCC#CC(O)(C#CCCCC)c1ccccc1. The van der Waals surface area contributed by atoms with Gasteiger partial charge in [0.1, 0.15) is 0 Å². The predicted octanol–water partition coefficient (Wildman–Crippen LogP) is 4.26. The van der Waals surface area contributed by atoms with E-state index in [4.69, 9.17) is 0 Å². The van der Waals surface area contributed by atoms with E-state index >= 15 is 0 Å². The maximum atomic E-state index is 10.7. The summed E-state index contributed by atoms with van der Waals surface area (Å²) in [5, 5.41) is 10.7. The minimum absolute atomic E-state index is 0.757. The van der Waals surface area contributed by atoms with Crippen molar-refractivity contribution in [1.29, 1.82) is 0 Å². The van der Waals surface area contributed by atoms with Gasteiger partial charge in [-0.2, -0.15) is 0 Å². The zero-order valence-corrected chi connectivity index (χ0v) is 12.6. The van der Waals surface area contributed by atoms with E-state index in [-0.39, 0.29) is 0 Å². The highest BCUT2D eigenvalue weighted by Gasteiger charge is 2.23. The molecule has 0 saturated carbocycles. The second-order valence-corrected chi connectivity index (χ2v) is 4.89. The largest absolute Gasteiger partial charge is 0.364 e. The van der Waals surface area contributed by atoms with Crippen molar-refractivity contribution >= 4 is 0 Å². The Morgan fingerprint density at radius 2 is 1.40 bits per heavy atom. The first-order valence-corrected chi connectivity index (χ1v) is 7.51. The second-order valence-electron chi connectivity index (χ2n) is 4.89. The molecule has 0 heterocycles. The molecule has 0 amide bonds. The Bertz CT molecular complexity index is 467. The smallest absolute Gasteiger partial charge is 0.214 e. The predicted molar refractivity (Wildman–Crippen MR) is 84.9 cm³/mol. The van der Waals surface area contributed by atoms with E-state index in [1.807, 2.05) is 30.3 Å². The molecule has 1 rings (SSSR count). The van der Waals surface area contributed by atoms with Gasteiger partial charge >= 0.3 is 0 Å². The lowest BCUT2D eigenvalue weighted by Crippen LogP contribution is -2.21. The summed E-state index contributed by atoms with van der Waals surface area (Å²) in [6, 6.07) is 9.49. The molecule has 0 aliphatic carbocycles. The lowest BCUT2D eigenvalue weighted by Gasteiger charge is -2.15. The van der Waals surface area contributed by atoms with Crippen molar-refractivity contribution in [1.82, 2.24) is 0 Å². The maximum absolute atomic E-state index is 10.7. The summed E-state index contributed by atoms with van der Waals surface area (Å²) < 4.78 is 0. The first-order chi connectivity index (χ1) is 9.73. The van der Waals surface area contributed by atoms with Crippen LogP contribution in [0.5, 0.6) is 0 Å². The maximum Gasteiger partial charge on any atom is 0.214 e. The van der Waals surface area contributed by atoms with Gasteiger partial charge in [-0.25, -0.2) is 0 Å². The van der Waals surface area contributed by atoms with Crippen molar-refractivity contribution in [3.8, 4) is 23.7 Å². The third-order valence-corrected chi connectivity index (χ3v) is 3.04. The van der Waals surface area contributed by atoms with Crippen molar-refractivity contribution < 1.29 is 5.11 Å². The molecule has 106 valence electrons. The molecule has 0 aliphatic heterocycles. The van der Waals surface area contributed by atoms with Gasteiger partial charge in [0, 0.05) is 18.4 Å². The molecule has 1 N–H and O–H groups in total. The standard InChI is InChI=1S/C19H24O/c1-3-5-7-12-16-19(20,17-13-8-6-4-2)18-14-10-9-11-15-18/h9-11,14-15,20H,3-8H2,1-2H3. The third-order valence-electron chi connectivity index (χ3n) is 3.04. The van der Waals surface area contributed by atoms with E-state index in [0.717, 1.165) is 44.1 Å². The second kappa shape index (κ2) is 9.24. The minimum Gasteiger partial charge on any atom is -0.364 e. The molecule has 0 radical (unpaired) electrons. The van der Waals surface area contributed by atoms with Crippen LogP contribution < -0.4 is 0 Å². The Morgan fingerprint density at radius 1 is 0.900 bits per heavy atom. The molecule has 0 atom stereocenters. The molecule has 0 saturated heterocycles. The first-order valence-electron chi connectivity index (χ1n) is 7.51. The normalized spacial score (nSPS) is 10.2. The van der Waals surface area contributed by atoms with E-state index in [2.05, 4.69) is 37.5 Å². The summed E-state index contributed by atoms with van der Waals surface area (Å²) in [5.41, 5.74) is -0.573. The van der Waals surface area contributed by atoms with E-state index in [9.17, 15) is 5.11 Å². The van der Waals surface area contributed by atoms with E-state index in [1.54, 1.807) is 0 Å². The van der Waals surface area contributed by atoms with Gasteiger partial charge in [-0.05, 0) is 24.7 Å². The van der Waals surface area contributed by atoms with Gasteiger partial charge in [-0.15, -0.1) is 0 Å². The Balaban J connectivity index is 2.92. The molecule has 20 heavy (non-hydrogen) atoms. The van der Waals surface area contributed by atoms with E-state index in [1.165, 1.54) is 0 Å². The Hall–Kier alpha value is -1.70. The summed E-state index contributed by atoms with van der Waals surface area (Å²) in [6.07, 6.45) is 5.95.